The summed E-state index contributed by atoms with van der Waals surface area (Å²) in [6.45, 7) is -0.420. The van der Waals surface area contributed by atoms with Crippen LogP contribution in [0.15, 0.2) is 55.2 Å². The quantitative estimate of drug-likeness (QED) is 0.546. The first-order valence-corrected chi connectivity index (χ1v) is 9.88. The van der Waals surface area contributed by atoms with Crippen LogP contribution in [0.5, 0.6) is 0 Å². The summed E-state index contributed by atoms with van der Waals surface area (Å²) in [5.74, 6) is 0.162. The van der Waals surface area contributed by atoms with Crippen LogP contribution in [0.4, 0.5) is 5.82 Å². The Hall–Kier alpha value is -3.52. The third-order valence-corrected chi connectivity index (χ3v) is 5.43. The average molecular weight is 404 g/mol. The standard InChI is InChI=1S/C22H23N7O/c1-28-13-18(11-25-28)15-2-3-16-10-24-21(9-17(16)8-15)27-22(30)19-12-26-29(14-19)20-4-6-23-7-5-20/h2-3,8-14,20,23H,4-7H2,1H3,(H,24,27,30)/i1D3. The molecule has 0 atom stereocenters. The summed E-state index contributed by atoms with van der Waals surface area (Å²) < 4.78 is 25.3. The molecule has 1 aliphatic rings. The van der Waals surface area contributed by atoms with E-state index in [-0.39, 0.29) is 5.91 Å². The molecule has 2 N–H and O–H groups in total. The lowest BCUT2D eigenvalue weighted by atomic mass is 10.1. The fraction of sp³-hybridized carbons (Fsp3) is 0.273. The van der Waals surface area contributed by atoms with Crippen molar-refractivity contribution >= 4 is 22.5 Å². The smallest absolute Gasteiger partial charge is 0.260 e. The van der Waals surface area contributed by atoms with Crippen molar-refractivity contribution in [2.75, 3.05) is 18.4 Å². The molecule has 8 nitrogen and oxygen atoms in total. The van der Waals surface area contributed by atoms with Crippen LogP contribution < -0.4 is 10.6 Å². The van der Waals surface area contributed by atoms with Crippen molar-refractivity contribution in [3.05, 3.63) is 60.8 Å². The van der Waals surface area contributed by atoms with E-state index in [9.17, 15) is 4.79 Å². The van der Waals surface area contributed by atoms with Gasteiger partial charge in [-0.05, 0) is 49.0 Å². The fourth-order valence-electron chi connectivity index (χ4n) is 3.78. The number of amides is 1. The second-order valence-corrected chi connectivity index (χ2v) is 7.45. The second-order valence-electron chi connectivity index (χ2n) is 7.45. The predicted molar refractivity (Wildman–Crippen MR) is 115 cm³/mol. The van der Waals surface area contributed by atoms with E-state index < -0.39 is 6.98 Å². The molecule has 1 aliphatic heterocycles. The Morgan fingerprint density at radius 3 is 2.83 bits per heavy atom. The molecule has 4 heterocycles. The molecule has 3 aromatic heterocycles. The number of carbonyl (C=O) groups excluding carboxylic acids is 1. The number of nitrogens with zero attached hydrogens (tertiary/aromatic N) is 5. The minimum Gasteiger partial charge on any atom is -0.317 e. The van der Waals surface area contributed by atoms with Crippen LogP contribution in [0, 0.1) is 0 Å². The van der Waals surface area contributed by atoms with E-state index in [2.05, 4.69) is 25.8 Å². The molecule has 1 aromatic carbocycles. The number of carbonyl (C=O) groups is 1. The number of anilines is 1. The van der Waals surface area contributed by atoms with Gasteiger partial charge in [0.15, 0.2) is 0 Å². The summed E-state index contributed by atoms with van der Waals surface area (Å²) in [5.41, 5.74) is 2.01. The van der Waals surface area contributed by atoms with Crippen molar-refractivity contribution in [1.29, 1.82) is 0 Å². The zero-order valence-corrected chi connectivity index (χ0v) is 16.2. The highest BCUT2D eigenvalue weighted by Crippen LogP contribution is 2.25. The maximum atomic E-state index is 12.8. The molecule has 0 unspecified atom stereocenters. The third-order valence-electron chi connectivity index (χ3n) is 5.43. The van der Waals surface area contributed by atoms with Gasteiger partial charge in [-0.2, -0.15) is 10.2 Å². The first-order chi connectivity index (χ1) is 15.9. The Bertz CT molecular complexity index is 1300. The maximum absolute atomic E-state index is 12.8. The lowest BCUT2D eigenvalue weighted by Gasteiger charge is -2.22. The molecule has 4 aromatic rings. The van der Waals surface area contributed by atoms with Crippen molar-refractivity contribution < 1.29 is 8.91 Å². The van der Waals surface area contributed by atoms with Crippen LogP contribution in [0.25, 0.3) is 21.9 Å². The Balaban J connectivity index is 1.35. The summed E-state index contributed by atoms with van der Waals surface area (Å²) in [4.78, 5) is 17.1. The molecule has 0 spiro atoms. The predicted octanol–water partition coefficient (Wildman–Crippen LogP) is 3.01. The molecule has 30 heavy (non-hydrogen) atoms. The normalized spacial score (nSPS) is 16.7. The zero-order valence-electron chi connectivity index (χ0n) is 19.2. The third kappa shape index (κ3) is 3.69. The summed E-state index contributed by atoms with van der Waals surface area (Å²) in [6, 6.07) is 7.81. The minimum absolute atomic E-state index is 0.267. The molecule has 5 rings (SSSR count). The largest absolute Gasteiger partial charge is 0.317 e. The molecular formula is C22H23N7O. The lowest BCUT2D eigenvalue weighted by molar-refractivity contribution is 0.102. The summed E-state index contributed by atoms with van der Waals surface area (Å²) in [7, 11) is 0. The number of rotatable bonds is 4. The van der Waals surface area contributed by atoms with Crippen LogP contribution in [0.3, 0.4) is 0 Å². The molecule has 8 heteroatoms. The summed E-state index contributed by atoms with van der Waals surface area (Å²) in [6.07, 6.45) is 10.1. The number of pyridine rings is 1. The number of piperidine rings is 1. The Morgan fingerprint density at radius 2 is 2.00 bits per heavy atom. The molecule has 0 aliphatic carbocycles. The molecule has 1 saturated heterocycles. The zero-order chi connectivity index (χ0) is 23.0. The highest BCUT2D eigenvalue weighted by Gasteiger charge is 2.18. The van der Waals surface area contributed by atoms with Crippen molar-refractivity contribution in [2.24, 2.45) is 6.98 Å². The van der Waals surface area contributed by atoms with Crippen molar-refractivity contribution in [3.8, 4) is 11.1 Å². The van der Waals surface area contributed by atoms with Gasteiger partial charge in [0.2, 0.25) is 0 Å². The maximum Gasteiger partial charge on any atom is 0.260 e. The lowest BCUT2D eigenvalue weighted by Crippen LogP contribution is -2.29. The van der Waals surface area contributed by atoms with Gasteiger partial charge in [-0.3, -0.25) is 14.2 Å². The summed E-state index contributed by atoms with van der Waals surface area (Å²) >= 11 is 0. The number of hydrogen-bond donors (Lipinski definition) is 2. The van der Waals surface area contributed by atoms with Gasteiger partial charge in [-0.15, -0.1) is 0 Å². The first kappa shape index (κ1) is 15.3. The minimum atomic E-state index is -2.32. The van der Waals surface area contributed by atoms with Gasteiger partial charge in [0, 0.05) is 40.6 Å². The molecule has 1 amide bonds. The molecule has 152 valence electrons. The topological polar surface area (TPSA) is 89.7 Å². The summed E-state index contributed by atoms with van der Waals surface area (Å²) in [5, 5.41) is 16.3. The number of benzene rings is 1. The number of nitrogens with one attached hydrogen (secondary N) is 2. The fourth-order valence-corrected chi connectivity index (χ4v) is 3.78. The molecule has 1 fully saturated rings. The van der Waals surface area contributed by atoms with Gasteiger partial charge in [0.05, 0.1) is 24.0 Å². The molecule has 0 saturated carbocycles. The van der Waals surface area contributed by atoms with Crippen molar-refractivity contribution in [2.45, 2.75) is 18.9 Å². The van der Waals surface area contributed by atoms with E-state index in [1.54, 1.807) is 24.7 Å². The van der Waals surface area contributed by atoms with Crippen molar-refractivity contribution in [1.82, 2.24) is 29.9 Å². The van der Waals surface area contributed by atoms with Gasteiger partial charge >= 0.3 is 0 Å². The van der Waals surface area contributed by atoms with E-state index in [0.717, 1.165) is 46.9 Å². The first-order valence-electron chi connectivity index (χ1n) is 11.4. The Morgan fingerprint density at radius 1 is 1.10 bits per heavy atom. The van der Waals surface area contributed by atoms with Gasteiger partial charge < -0.3 is 10.6 Å². The molecule has 0 radical (unpaired) electrons. The number of fused-ring (bicyclic) bond motifs is 1. The van der Waals surface area contributed by atoms with Crippen LogP contribution in [0.2, 0.25) is 0 Å². The SMILES string of the molecule is [2H]C([2H])([2H])n1cc(-c2ccc3cnc(NC(=O)c4cnn(C5CCNCC5)c4)cc3c2)cn1. The van der Waals surface area contributed by atoms with Gasteiger partial charge in [0.25, 0.3) is 5.91 Å². The average Bonchev–Trinajstić information content (AvgIpc) is 3.49. The van der Waals surface area contributed by atoms with Gasteiger partial charge in [0.1, 0.15) is 5.82 Å². The number of hydrogen-bond acceptors (Lipinski definition) is 5. The van der Waals surface area contributed by atoms with E-state index >= 15 is 0 Å². The molecule has 0 bridgehead atoms. The van der Waals surface area contributed by atoms with Crippen LogP contribution in [-0.2, 0) is 6.98 Å². The van der Waals surface area contributed by atoms with Crippen molar-refractivity contribution in [3.63, 3.8) is 0 Å². The van der Waals surface area contributed by atoms with Crippen LogP contribution in [0.1, 0.15) is 33.4 Å². The Kier molecular flexibility index (Phi) is 3.95. The van der Waals surface area contributed by atoms with Crippen LogP contribution >= 0.6 is 0 Å². The van der Waals surface area contributed by atoms with E-state index in [1.807, 2.05) is 22.9 Å². The van der Waals surface area contributed by atoms with E-state index in [0.29, 0.717) is 23.0 Å². The monoisotopic (exact) mass is 404 g/mol. The second kappa shape index (κ2) is 7.72. The van der Waals surface area contributed by atoms with E-state index in [1.165, 1.54) is 12.4 Å². The molecular weight excluding hydrogens is 378 g/mol. The highest BCUT2D eigenvalue weighted by molar-refractivity contribution is 6.04. The van der Waals surface area contributed by atoms with Crippen LogP contribution in [-0.4, -0.2) is 43.5 Å². The number of aryl methyl sites for hydroxylation is 1. The number of aromatic nitrogens is 5. The highest BCUT2D eigenvalue weighted by atomic mass is 16.1. The van der Waals surface area contributed by atoms with Gasteiger partial charge in [-0.25, -0.2) is 4.98 Å². The Labute approximate surface area is 178 Å². The van der Waals surface area contributed by atoms with E-state index in [4.69, 9.17) is 4.11 Å². The van der Waals surface area contributed by atoms with Gasteiger partial charge in [-0.1, -0.05) is 12.1 Å².